The first-order valence-electron chi connectivity index (χ1n) is 10.2. The van der Waals surface area contributed by atoms with Gasteiger partial charge >= 0.3 is 8.60 Å². The Morgan fingerprint density at radius 2 is 1.56 bits per heavy atom. The molecule has 0 bridgehead atoms. The lowest BCUT2D eigenvalue weighted by Crippen LogP contribution is -2.16. The van der Waals surface area contributed by atoms with Gasteiger partial charge in [-0.1, -0.05) is 82.9 Å². The smallest absolute Gasteiger partial charge is 0.397 e. The van der Waals surface area contributed by atoms with E-state index in [1.165, 1.54) is 57.8 Å². The van der Waals surface area contributed by atoms with Gasteiger partial charge in [-0.25, -0.2) is 0 Å². The molecule has 25 heavy (non-hydrogen) atoms. The molecule has 0 N–H and O–H groups in total. The first-order valence-corrected chi connectivity index (χ1v) is 11.3. The van der Waals surface area contributed by atoms with Crippen LogP contribution in [0.1, 0.15) is 84.0 Å². The topological polar surface area (TPSA) is 27.7 Å². The van der Waals surface area contributed by atoms with Gasteiger partial charge in [0.15, 0.2) is 0 Å². The van der Waals surface area contributed by atoms with Crippen LogP contribution in [-0.2, 0) is 9.05 Å². The highest BCUT2D eigenvalue weighted by molar-refractivity contribution is 7.42. The third-order valence-corrected chi connectivity index (χ3v) is 5.88. The number of hydrogen-bond acceptors (Lipinski definition) is 3. The minimum Gasteiger partial charge on any atom is -0.427 e. The Kier molecular flexibility index (Phi) is 11.2. The van der Waals surface area contributed by atoms with Crippen LogP contribution in [-0.4, -0.2) is 12.7 Å². The molecule has 1 atom stereocenters. The highest BCUT2D eigenvalue weighted by Crippen LogP contribution is 2.44. The van der Waals surface area contributed by atoms with Crippen LogP contribution in [0.15, 0.2) is 30.3 Å². The van der Waals surface area contributed by atoms with Crippen molar-refractivity contribution >= 4 is 8.60 Å². The summed E-state index contributed by atoms with van der Waals surface area (Å²) in [6.07, 6.45) is 15.5. The molecule has 0 radical (unpaired) electrons. The Labute approximate surface area is 155 Å². The predicted molar refractivity (Wildman–Crippen MR) is 106 cm³/mol. The van der Waals surface area contributed by atoms with Gasteiger partial charge in [-0.2, -0.15) is 0 Å². The lowest BCUT2D eigenvalue weighted by atomic mass is 9.98. The molecule has 0 aromatic heterocycles. The first kappa shape index (κ1) is 20.7. The fourth-order valence-electron chi connectivity index (χ4n) is 3.14. The van der Waals surface area contributed by atoms with Crippen LogP contribution >= 0.6 is 8.60 Å². The molecule has 142 valence electrons. The molecule has 0 amide bonds. The van der Waals surface area contributed by atoms with Crippen molar-refractivity contribution in [2.24, 2.45) is 0 Å². The second-order valence-corrected chi connectivity index (χ2v) is 8.05. The summed E-state index contributed by atoms with van der Waals surface area (Å²) in [7, 11) is -1.29. The average Bonchev–Trinajstić information content (AvgIpc) is 2.65. The van der Waals surface area contributed by atoms with Crippen molar-refractivity contribution in [1.29, 1.82) is 0 Å². The Balaban J connectivity index is 1.68. The predicted octanol–water partition coefficient (Wildman–Crippen LogP) is 7.41. The molecule has 1 aliphatic rings. The molecule has 1 saturated carbocycles. The molecule has 1 aromatic rings. The van der Waals surface area contributed by atoms with E-state index in [1.54, 1.807) is 0 Å². The van der Waals surface area contributed by atoms with Gasteiger partial charge in [-0.3, -0.25) is 4.52 Å². The Hall–Kier alpha value is -0.630. The van der Waals surface area contributed by atoms with Crippen molar-refractivity contribution in [2.75, 3.05) is 6.61 Å². The van der Waals surface area contributed by atoms with Gasteiger partial charge in [0.05, 0.1) is 12.7 Å². The lowest BCUT2D eigenvalue weighted by Gasteiger charge is -2.25. The molecular formula is C21H35O3P. The minimum absolute atomic E-state index is 0.303. The number of benzene rings is 1. The van der Waals surface area contributed by atoms with Crippen LogP contribution in [0, 0.1) is 0 Å². The largest absolute Gasteiger partial charge is 0.427 e. The molecule has 0 saturated heterocycles. The SMILES string of the molecule is CCCCCCCCCOP(Oc1ccccc1)OC1CCCCC1. The zero-order valence-corrected chi connectivity index (χ0v) is 16.7. The van der Waals surface area contributed by atoms with E-state index < -0.39 is 8.60 Å². The van der Waals surface area contributed by atoms with Gasteiger partial charge in [0.1, 0.15) is 5.75 Å². The number of hydrogen-bond donors (Lipinski definition) is 0. The second kappa shape index (κ2) is 13.6. The summed E-state index contributed by atoms with van der Waals surface area (Å²) in [6.45, 7) is 2.99. The van der Waals surface area contributed by atoms with Crippen molar-refractivity contribution in [3.05, 3.63) is 30.3 Å². The molecule has 0 heterocycles. The monoisotopic (exact) mass is 366 g/mol. The lowest BCUT2D eigenvalue weighted by molar-refractivity contribution is 0.117. The van der Waals surface area contributed by atoms with E-state index in [9.17, 15) is 0 Å². The molecular weight excluding hydrogens is 331 g/mol. The molecule has 3 nitrogen and oxygen atoms in total. The van der Waals surface area contributed by atoms with E-state index in [4.69, 9.17) is 13.6 Å². The summed E-state index contributed by atoms with van der Waals surface area (Å²) < 4.78 is 18.2. The van der Waals surface area contributed by atoms with Crippen LogP contribution in [0.5, 0.6) is 5.75 Å². The van der Waals surface area contributed by atoms with Gasteiger partial charge in [0, 0.05) is 0 Å². The highest BCUT2D eigenvalue weighted by atomic mass is 31.2. The summed E-state index contributed by atoms with van der Waals surface area (Å²) in [5.41, 5.74) is 0. The molecule has 1 aromatic carbocycles. The van der Waals surface area contributed by atoms with E-state index in [-0.39, 0.29) is 0 Å². The molecule has 2 rings (SSSR count). The molecule has 0 spiro atoms. The molecule has 1 aliphatic carbocycles. The maximum absolute atomic E-state index is 6.18. The second-order valence-electron chi connectivity index (χ2n) is 6.95. The summed E-state index contributed by atoms with van der Waals surface area (Å²) >= 11 is 0. The summed E-state index contributed by atoms with van der Waals surface area (Å²) in [5, 5.41) is 0. The molecule has 1 unspecified atom stereocenters. The van der Waals surface area contributed by atoms with Gasteiger partial charge < -0.3 is 9.05 Å². The number of unbranched alkanes of at least 4 members (excludes halogenated alkanes) is 6. The molecule has 0 aliphatic heterocycles. The maximum Gasteiger partial charge on any atom is 0.397 e. The summed E-state index contributed by atoms with van der Waals surface area (Å²) in [6, 6.07) is 9.91. The molecule has 1 fully saturated rings. The van der Waals surface area contributed by atoms with Crippen LogP contribution < -0.4 is 4.52 Å². The first-order chi connectivity index (χ1) is 12.4. The Bertz CT molecular complexity index is 420. The number of rotatable bonds is 13. The van der Waals surface area contributed by atoms with Gasteiger partial charge in [0.25, 0.3) is 0 Å². The minimum atomic E-state index is -1.29. The normalized spacial score (nSPS) is 16.7. The van der Waals surface area contributed by atoms with Crippen molar-refractivity contribution in [2.45, 2.75) is 90.1 Å². The maximum atomic E-state index is 6.18. The molecule has 4 heteroatoms. The number of para-hydroxylation sites is 1. The zero-order chi connectivity index (χ0) is 17.6. The quantitative estimate of drug-likeness (QED) is 0.269. The van der Waals surface area contributed by atoms with E-state index in [0.29, 0.717) is 6.10 Å². The summed E-state index contributed by atoms with van der Waals surface area (Å²) in [5.74, 6) is 0.837. The third kappa shape index (κ3) is 9.58. The van der Waals surface area contributed by atoms with E-state index in [1.807, 2.05) is 30.3 Å². The Morgan fingerprint density at radius 3 is 2.28 bits per heavy atom. The Morgan fingerprint density at radius 1 is 0.880 bits per heavy atom. The van der Waals surface area contributed by atoms with Gasteiger partial charge in [0.2, 0.25) is 0 Å². The van der Waals surface area contributed by atoms with E-state index in [0.717, 1.165) is 31.6 Å². The average molecular weight is 366 g/mol. The van der Waals surface area contributed by atoms with Crippen LogP contribution in [0.2, 0.25) is 0 Å². The van der Waals surface area contributed by atoms with Crippen molar-refractivity contribution < 1.29 is 13.6 Å². The fraction of sp³-hybridized carbons (Fsp3) is 0.714. The zero-order valence-electron chi connectivity index (χ0n) is 15.8. The van der Waals surface area contributed by atoms with Crippen molar-refractivity contribution in [1.82, 2.24) is 0 Å². The standard InChI is InChI=1S/C21H35O3P/c1-2-3-4-5-6-7-14-19-22-25(23-20-15-10-8-11-16-20)24-21-17-12-9-13-18-21/h8,10-11,15-16,21H,2-7,9,12-14,17-19H2,1H3. The highest BCUT2D eigenvalue weighted by Gasteiger charge is 2.23. The van der Waals surface area contributed by atoms with Crippen LogP contribution in [0.3, 0.4) is 0 Å². The van der Waals surface area contributed by atoms with E-state index >= 15 is 0 Å². The van der Waals surface area contributed by atoms with Crippen LogP contribution in [0.25, 0.3) is 0 Å². The van der Waals surface area contributed by atoms with Crippen molar-refractivity contribution in [3.63, 3.8) is 0 Å². The third-order valence-electron chi connectivity index (χ3n) is 4.66. The summed E-state index contributed by atoms with van der Waals surface area (Å²) in [4.78, 5) is 0. The van der Waals surface area contributed by atoms with Crippen LogP contribution in [0.4, 0.5) is 0 Å². The van der Waals surface area contributed by atoms with E-state index in [2.05, 4.69) is 6.92 Å². The van der Waals surface area contributed by atoms with Crippen molar-refractivity contribution in [3.8, 4) is 5.75 Å². The van der Waals surface area contributed by atoms with Gasteiger partial charge in [-0.05, 0) is 31.4 Å². The van der Waals surface area contributed by atoms with Gasteiger partial charge in [-0.15, -0.1) is 0 Å². The fourth-order valence-corrected chi connectivity index (χ4v) is 4.32.